The standard InChI is InChI=1S/C19H22FNO5S/c1-25-17-8-7-15(13-18(17)26-2)27(23,24)12-10-19(22)21-11-9-14-5-3-4-6-16(14)20/h3-8,13H,9-12H2,1-2H3,(H,21,22). The van der Waals surface area contributed by atoms with Gasteiger partial charge in [0.1, 0.15) is 5.82 Å². The molecule has 0 aliphatic carbocycles. The molecule has 0 aromatic heterocycles. The van der Waals surface area contributed by atoms with Gasteiger partial charge in [-0.1, -0.05) is 18.2 Å². The van der Waals surface area contributed by atoms with Gasteiger partial charge in [-0.25, -0.2) is 12.8 Å². The predicted octanol–water partition coefficient (Wildman–Crippen LogP) is 2.37. The maximum atomic E-state index is 13.5. The lowest BCUT2D eigenvalue weighted by molar-refractivity contribution is -0.120. The highest BCUT2D eigenvalue weighted by atomic mass is 32.2. The van der Waals surface area contributed by atoms with E-state index in [1.54, 1.807) is 18.2 Å². The Morgan fingerprint density at radius 2 is 1.78 bits per heavy atom. The maximum absolute atomic E-state index is 13.5. The van der Waals surface area contributed by atoms with Gasteiger partial charge in [-0.3, -0.25) is 4.79 Å². The van der Waals surface area contributed by atoms with E-state index < -0.39 is 15.7 Å². The summed E-state index contributed by atoms with van der Waals surface area (Å²) in [6, 6.07) is 10.6. The normalized spacial score (nSPS) is 11.1. The Morgan fingerprint density at radius 3 is 2.44 bits per heavy atom. The van der Waals surface area contributed by atoms with Crippen LogP contribution < -0.4 is 14.8 Å². The molecule has 146 valence electrons. The van der Waals surface area contributed by atoms with Gasteiger partial charge < -0.3 is 14.8 Å². The number of amides is 1. The third-order valence-electron chi connectivity index (χ3n) is 3.99. The largest absolute Gasteiger partial charge is 0.493 e. The van der Waals surface area contributed by atoms with Crippen molar-refractivity contribution in [3.8, 4) is 11.5 Å². The minimum atomic E-state index is -3.65. The molecule has 0 unspecified atom stereocenters. The summed E-state index contributed by atoms with van der Waals surface area (Å²) in [5.74, 6) is -0.359. The quantitative estimate of drug-likeness (QED) is 0.705. The molecule has 0 aliphatic rings. The highest BCUT2D eigenvalue weighted by molar-refractivity contribution is 7.91. The Morgan fingerprint density at radius 1 is 1.07 bits per heavy atom. The van der Waals surface area contributed by atoms with Crippen LogP contribution in [0.4, 0.5) is 4.39 Å². The van der Waals surface area contributed by atoms with E-state index in [0.717, 1.165) is 0 Å². The number of carbonyl (C=O) groups is 1. The molecule has 6 nitrogen and oxygen atoms in total. The van der Waals surface area contributed by atoms with Crippen LogP contribution in [0.25, 0.3) is 0 Å². The summed E-state index contributed by atoms with van der Waals surface area (Å²) in [5, 5.41) is 2.61. The van der Waals surface area contributed by atoms with Gasteiger partial charge in [0.15, 0.2) is 21.3 Å². The number of hydrogen-bond acceptors (Lipinski definition) is 5. The van der Waals surface area contributed by atoms with Crippen LogP contribution in [0.15, 0.2) is 47.4 Å². The molecular formula is C19H22FNO5S. The fourth-order valence-corrected chi connectivity index (χ4v) is 3.73. The summed E-state index contributed by atoms with van der Waals surface area (Å²) in [7, 11) is -0.783. The molecule has 8 heteroatoms. The maximum Gasteiger partial charge on any atom is 0.221 e. The van der Waals surface area contributed by atoms with Gasteiger partial charge in [-0.2, -0.15) is 0 Å². The second kappa shape index (κ2) is 9.36. The highest BCUT2D eigenvalue weighted by Gasteiger charge is 2.19. The van der Waals surface area contributed by atoms with Gasteiger partial charge in [0, 0.05) is 19.0 Å². The average Bonchev–Trinajstić information content (AvgIpc) is 2.67. The third kappa shape index (κ3) is 5.68. The second-order valence-electron chi connectivity index (χ2n) is 5.78. The molecule has 1 N–H and O–H groups in total. The zero-order valence-electron chi connectivity index (χ0n) is 15.2. The van der Waals surface area contributed by atoms with Crippen LogP contribution >= 0.6 is 0 Å². The van der Waals surface area contributed by atoms with Gasteiger partial charge in [-0.15, -0.1) is 0 Å². The molecular weight excluding hydrogens is 373 g/mol. The number of halogens is 1. The second-order valence-corrected chi connectivity index (χ2v) is 7.89. The smallest absolute Gasteiger partial charge is 0.221 e. The number of rotatable bonds is 9. The zero-order chi connectivity index (χ0) is 19.9. The van der Waals surface area contributed by atoms with Crippen LogP contribution in [-0.2, 0) is 21.1 Å². The Labute approximate surface area is 158 Å². The molecule has 2 rings (SSSR count). The fourth-order valence-electron chi connectivity index (χ4n) is 2.48. The average molecular weight is 395 g/mol. The molecule has 0 radical (unpaired) electrons. The van der Waals surface area contributed by atoms with E-state index in [1.165, 1.54) is 38.5 Å². The van der Waals surface area contributed by atoms with Gasteiger partial charge in [0.05, 0.1) is 24.9 Å². The number of carbonyl (C=O) groups excluding carboxylic acids is 1. The summed E-state index contributed by atoms with van der Waals surface area (Å²) >= 11 is 0. The van der Waals surface area contributed by atoms with Crippen LogP contribution in [0.5, 0.6) is 11.5 Å². The van der Waals surface area contributed by atoms with Crippen LogP contribution in [0.3, 0.4) is 0 Å². The van der Waals surface area contributed by atoms with Gasteiger partial charge >= 0.3 is 0 Å². The van der Waals surface area contributed by atoms with Crippen LogP contribution in [0, 0.1) is 5.82 Å². The van der Waals surface area contributed by atoms with Crippen molar-refractivity contribution in [2.45, 2.75) is 17.7 Å². The number of sulfone groups is 1. The Bertz CT molecular complexity index is 899. The van der Waals surface area contributed by atoms with E-state index >= 15 is 0 Å². The van der Waals surface area contributed by atoms with E-state index in [4.69, 9.17) is 9.47 Å². The molecule has 2 aromatic rings. The minimum absolute atomic E-state index is 0.0549. The van der Waals surface area contributed by atoms with Crippen molar-refractivity contribution in [3.63, 3.8) is 0 Å². The molecule has 27 heavy (non-hydrogen) atoms. The van der Waals surface area contributed by atoms with Crippen LogP contribution in [0.1, 0.15) is 12.0 Å². The molecule has 0 fully saturated rings. The monoisotopic (exact) mass is 395 g/mol. The summed E-state index contributed by atoms with van der Waals surface area (Å²) in [6.07, 6.45) is 0.148. The number of ether oxygens (including phenoxy) is 2. The van der Waals surface area contributed by atoms with Crippen molar-refractivity contribution in [1.82, 2.24) is 5.32 Å². The van der Waals surface area contributed by atoms with Crippen molar-refractivity contribution in [2.24, 2.45) is 0 Å². The fraction of sp³-hybridized carbons (Fsp3) is 0.316. The lowest BCUT2D eigenvalue weighted by atomic mass is 10.1. The molecule has 1 amide bonds. The molecule has 2 aromatic carbocycles. The van der Waals surface area contributed by atoms with E-state index in [0.29, 0.717) is 23.5 Å². The number of methoxy groups -OCH3 is 2. The lowest BCUT2D eigenvalue weighted by Crippen LogP contribution is -2.27. The highest BCUT2D eigenvalue weighted by Crippen LogP contribution is 2.29. The topological polar surface area (TPSA) is 81.7 Å². The molecule has 0 heterocycles. The van der Waals surface area contributed by atoms with E-state index in [9.17, 15) is 17.6 Å². The van der Waals surface area contributed by atoms with Gasteiger partial charge in [0.25, 0.3) is 0 Å². The number of benzene rings is 2. The first-order valence-corrected chi connectivity index (χ1v) is 9.97. The SMILES string of the molecule is COc1ccc(S(=O)(=O)CCC(=O)NCCc2ccccc2F)cc1OC. The van der Waals surface area contributed by atoms with Gasteiger partial charge in [0.2, 0.25) is 5.91 Å². The summed E-state index contributed by atoms with van der Waals surface area (Å²) in [5.41, 5.74) is 0.496. The number of hydrogen-bond donors (Lipinski definition) is 1. The molecule has 0 saturated carbocycles. The van der Waals surface area contributed by atoms with Gasteiger partial charge in [-0.05, 0) is 30.2 Å². The summed E-state index contributed by atoms with van der Waals surface area (Å²) < 4.78 is 48.5. The predicted molar refractivity (Wildman–Crippen MR) is 99.3 cm³/mol. The van der Waals surface area contributed by atoms with Crippen LogP contribution in [0.2, 0.25) is 0 Å². The van der Waals surface area contributed by atoms with Crippen molar-refractivity contribution in [3.05, 3.63) is 53.8 Å². The Balaban J connectivity index is 1.89. The van der Waals surface area contributed by atoms with Crippen molar-refractivity contribution in [1.29, 1.82) is 0 Å². The molecule has 0 atom stereocenters. The molecule has 0 saturated heterocycles. The lowest BCUT2D eigenvalue weighted by Gasteiger charge is -2.10. The minimum Gasteiger partial charge on any atom is -0.493 e. The van der Waals surface area contributed by atoms with Crippen molar-refractivity contribution in [2.75, 3.05) is 26.5 Å². The van der Waals surface area contributed by atoms with Crippen LogP contribution in [-0.4, -0.2) is 40.8 Å². The summed E-state index contributed by atoms with van der Waals surface area (Å²) in [4.78, 5) is 12.0. The van der Waals surface area contributed by atoms with Crippen molar-refractivity contribution >= 4 is 15.7 Å². The first kappa shape index (κ1) is 20.7. The van der Waals surface area contributed by atoms with Crippen molar-refractivity contribution < 1.29 is 27.1 Å². The Kier molecular flexibility index (Phi) is 7.18. The molecule has 0 aliphatic heterocycles. The first-order chi connectivity index (χ1) is 12.9. The number of nitrogens with one attached hydrogen (secondary N) is 1. The molecule has 0 spiro atoms. The van der Waals surface area contributed by atoms with E-state index in [-0.39, 0.29) is 29.4 Å². The third-order valence-corrected chi connectivity index (χ3v) is 5.70. The Hall–Kier alpha value is -2.61. The van der Waals surface area contributed by atoms with E-state index in [2.05, 4.69) is 5.32 Å². The summed E-state index contributed by atoms with van der Waals surface area (Å²) in [6.45, 7) is 0.232. The molecule has 0 bridgehead atoms. The van der Waals surface area contributed by atoms with E-state index in [1.807, 2.05) is 0 Å². The zero-order valence-corrected chi connectivity index (χ0v) is 16.0. The first-order valence-electron chi connectivity index (χ1n) is 8.32.